The molecular weight excluding hydrogens is 378 g/mol. The molecule has 0 aliphatic carbocycles. The monoisotopic (exact) mass is 403 g/mol. The third-order valence-electron chi connectivity index (χ3n) is 4.45. The Hall–Kier alpha value is -2.51. The van der Waals surface area contributed by atoms with E-state index in [0.717, 1.165) is 11.1 Å². The molecule has 0 radical (unpaired) electrons. The molecule has 0 N–H and O–H groups in total. The number of hydrogen-bond acceptors (Lipinski definition) is 5. The highest BCUT2D eigenvalue weighted by molar-refractivity contribution is 7.89. The maximum Gasteiger partial charge on any atom is 0.338 e. The molecule has 7 heteroatoms. The first-order valence-corrected chi connectivity index (χ1v) is 10.5. The molecule has 0 unspecified atom stereocenters. The Balaban J connectivity index is 2.06. The number of ether oxygens (including phenoxy) is 1. The zero-order chi connectivity index (χ0) is 20.9. The van der Waals surface area contributed by atoms with Crippen LogP contribution in [0.5, 0.6) is 0 Å². The van der Waals surface area contributed by atoms with E-state index in [1.807, 2.05) is 26.0 Å². The quantitative estimate of drug-likeness (QED) is 0.499. The highest BCUT2D eigenvalue weighted by Crippen LogP contribution is 2.17. The number of sulfonamides is 1. The fraction of sp³-hybridized carbons (Fsp3) is 0.333. The van der Waals surface area contributed by atoms with Gasteiger partial charge in [0.05, 0.1) is 10.5 Å². The van der Waals surface area contributed by atoms with E-state index in [9.17, 15) is 18.0 Å². The van der Waals surface area contributed by atoms with E-state index in [1.54, 1.807) is 19.9 Å². The molecule has 6 nitrogen and oxygen atoms in total. The lowest BCUT2D eigenvalue weighted by atomic mass is 10.0. The highest BCUT2D eigenvalue weighted by Gasteiger charge is 2.22. The third-order valence-corrected chi connectivity index (χ3v) is 6.51. The summed E-state index contributed by atoms with van der Waals surface area (Å²) in [5, 5.41) is 0. The van der Waals surface area contributed by atoms with Crippen LogP contribution in [0.2, 0.25) is 0 Å². The highest BCUT2D eigenvalue weighted by atomic mass is 32.2. The van der Waals surface area contributed by atoms with Crippen LogP contribution >= 0.6 is 0 Å². The molecule has 0 fully saturated rings. The average Bonchev–Trinajstić information content (AvgIpc) is 2.66. The van der Waals surface area contributed by atoms with Crippen molar-refractivity contribution in [2.24, 2.45) is 0 Å². The smallest absolute Gasteiger partial charge is 0.338 e. The minimum absolute atomic E-state index is 0.110. The van der Waals surface area contributed by atoms with E-state index in [4.69, 9.17) is 4.74 Å². The number of carbonyl (C=O) groups is 2. The Kier molecular flexibility index (Phi) is 7.10. The minimum Gasteiger partial charge on any atom is -0.454 e. The Morgan fingerprint density at radius 3 is 2.11 bits per heavy atom. The molecule has 28 heavy (non-hydrogen) atoms. The SMILES string of the molecule is CCN(CC)S(=O)(=O)c1ccc(C(=O)OCC(=O)c2ccc(C)cc2C)cc1. The molecule has 0 atom stereocenters. The van der Waals surface area contributed by atoms with Crippen molar-refractivity contribution in [1.82, 2.24) is 4.31 Å². The van der Waals surface area contributed by atoms with Gasteiger partial charge in [0, 0.05) is 18.7 Å². The first-order chi connectivity index (χ1) is 13.2. The van der Waals surface area contributed by atoms with E-state index in [0.29, 0.717) is 18.7 Å². The second-order valence-electron chi connectivity index (χ2n) is 6.43. The summed E-state index contributed by atoms with van der Waals surface area (Å²) in [4.78, 5) is 24.6. The summed E-state index contributed by atoms with van der Waals surface area (Å²) in [6.07, 6.45) is 0. The van der Waals surface area contributed by atoms with E-state index < -0.39 is 16.0 Å². The van der Waals surface area contributed by atoms with Gasteiger partial charge in [-0.15, -0.1) is 0 Å². The summed E-state index contributed by atoms with van der Waals surface area (Å²) in [7, 11) is -3.59. The summed E-state index contributed by atoms with van der Waals surface area (Å²) >= 11 is 0. The summed E-state index contributed by atoms with van der Waals surface area (Å²) in [5.41, 5.74) is 2.57. The van der Waals surface area contributed by atoms with Crippen LogP contribution in [0.15, 0.2) is 47.4 Å². The zero-order valence-electron chi connectivity index (χ0n) is 16.6. The Bertz CT molecular complexity index is 961. The molecule has 0 saturated heterocycles. The van der Waals surface area contributed by atoms with Crippen molar-refractivity contribution in [3.63, 3.8) is 0 Å². The number of hydrogen-bond donors (Lipinski definition) is 0. The van der Waals surface area contributed by atoms with Gasteiger partial charge in [0.1, 0.15) is 0 Å². The van der Waals surface area contributed by atoms with Crippen molar-refractivity contribution in [3.05, 3.63) is 64.7 Å². The maximum absolute atomic E-state index is 12.5. The molecule has 0 aliphatic heterocycles. The second kappa shape index (κ2) is 9.12. The number of carbonyl (C=O) groups excluding carboxylic acids is 2. The number of rotatable bonds is 8. The largest absolute Gasteiger partial charge is 0.454 e. The topological polar surface area (TPSA) is 80.8 Å². The summed E-state index contributed by atoms with van der Waals surface area (Å²) in [5.74, 6) is -0.962. The predicted octanol–water partition coefficient (Wildman–Crippen LogP) is 3.37. The number of Topliss-reactive ketones (excluding diaryl/α,β-unsaturated/α-hetero) is 1. The molecule has 0 saturated carbocycles. The van der Waals surface area contributed by atoms with Crippen molar-refractivity contribution in [2.45, 2.75) is 32.6 Å². The zero-order valence-corrected chi connectivity index (χ0v) is 17.4. The molecule has 0 bridgehead atoms. The van der Waals surface area contributed by atoms with Crippen LogP contribution < -0.4 is 0 Å². The van der Waals surface area contributed by atoms with Crippen molar-refractivity contribution < 1.29 is 22.7 Å². The van der Waals surface area contributed by atoms with E-state index >= 15 is 0 Å². The Morgan fingerprint density at radius 1 is 0.964 bits per heavy atom. The number of nitrogens with zero attached hydrogens (tertiary/aromatic N) is 1. The first kappa shape index (κ1) is 21.8. The van der Waals surface area contributed by atoms with Crippen LogP contribution in [-0.4, -0.2) is 44.2 Å². The van der Waals surface area contributed by atoms with Crippen molar-refractivity contribution >= 4 is 21.8 Å². The fourth-order valence-corrected chi connectivity index (χ4v) is 4.35. The van der Waals surface area contributed by atoms with Gasteiger partial charge in [-0.3, -0.25) is 4.79 Å². The fourth-order valence-electron chi connectivity index (χ4n) is 2.89. The van der Waals surface area contributed by atoms with Crippen LogP contribution in [0, 0.1) is 13.8 Å². The molecule has 0 aromatic heterocycles. The molecule has 2 aromatic carbocycles. The second-order valence-corrected chi connectivity index (χ2v) is 8.37. The lowest BCUT2D eigenvalue weighted by Crippen LogP contribution is -2.30. The number of ketones is 1. The van der Waals surface area contributed by atoms with E-state index in [2.05, 4.69) is 0 Å². The van der Waals surface area contributed by atoms with E-state index in [1.165, 1.54) is 28.6 Å². The van der Waals surface area contributed by atoms with Gasteiger partial charge in [0.15, 0.2) is 6.61 Å². The molecular formula is C21H25NO5S. The van der Waals surface area contributed by atoms with Crippen LogP contribution in [0.25, 0.3) is 0 Å². The van der Waals surface area contributed by atoms with Gasteiger partial charge in [-0.25, -0.2) is 13.2 Å². The minimum atomic E-state index is -3.59. The predicted molar refractivity (Wildman–Crippen MR) is 107 cm³/mol. The van der Waals surface area contributed by atoms with Gasteiger partial charge in [-0.2, -0.15) is 4.31 Å². The van der Waals surface area contributed by atoms with Crippen LogP contribution in [-0.2, 0) is 14.8 Å². The molecule has 2 aromatic rings. The maximum atomic E-state index is 12.5. The van der Waals surface area contributed by atoms with Gasteiger partial charge in [0.2, 0.25) is 15.8 Å². The van der Waals surface area contributed by atoms with Gasteiger partial charge >= 0.3 is 5.97 Å². The lowest BCUT2D eigenvalue weighted by molar-refractivity contribution is 0.0474. The number of aryl methyl sites for hydroxylation is 2. The summed E-state index contributed by atoms with van der Waals surface area (Å²) in [6, 6.07) is 11.0. The van der Waals surface area contributed by atoms with Gasteiger partial charge < -0.3 is 4.74 Å². The summed E-state index contributed by atoms with van der Waals surface area (Å²) < 4.78 is 31.4. The Labute approximate surface area is 166 Å². The third kappa shape index (κ3) is 4.85. The molecule has 0 spiro atoms. The van der Waals surface area contributed by atoms with Gasteiger partial charge in [-0.1, -0.05) is 37.6 Å². The molecule has 0 heterocycles. The molecule has 0 aliphatic rings. The first-order valence-electron chi connectivity index (χ1n) is 9.08. The molecule has 150 valence electrons. The van der Waals surface area contributed by atoms with Crippen molar-refractivity contribution in [3.8, 4) is 0 Å². The summed E-state index contributed by atoms with van der Waals surface area (Å²) in [6.45, 7) is 7.65. The van der Waals surface area contributed by atoms with Crippen LogP contribution in [0.1, 0.15) is 45.7 Å². The number of benzene rings is 2. The number of esters is 1. The lowest BCUT2D eigenvalue weighted by Gasteiger charge is -2.18. The van der Waals surface area contributed by atoms with Gasteiger partial charge in [-0.05, 0) is 43.7 Å². The van der Waals surface area contributed by atoms with E-state index in [-0.39, 0.29) is 22.8 Å². The molecule has 0 amide bonds. The van der Waals surface area contributed by atoms with Crippen LogP contribution in [0.4, 0.5) is 0 Å². The Morgan fingerprint density at radius 2 is 1.57 bits per heavy atom. The normalized spacial score (nSPS) is 11.5. The standard InChI is InChI=1S/C21H25NO5S/c1-5-22(6-2)28(25,26)18-10-8-17(9-11-18)21(24)27-14-20(23)19-12-7-15(3)13-16(19)4/h7-13H,5-6,14H2,1-4H3. The molecule has 2 rings (SSSR count). The van der Waals surface area contributed by atoms with Crippen molar-refractivity contribution in [2.75, 3.05) is 19.7 Å². The van der Waals surface area contributed by atoms with Gasteiger partial charge in [0.25, 0.3) is 0 Å². The average molecular weight is 404 g/mol. The van der Waals surface area contributed by atoms with Crippen LogP contribution in [0.3, 0.4) is 0 Å². The van der Waals surface area contributed by atoms with Crippen molar-refractivity contribution in [1.29, 1.82) is 0 Å².